The highest BCUT2D eigenvalue weighted by Gasteiger charge is 2.55. The number of hydrogen-bond donors (Lipinski definition) is 1. The lowest BCUT2D eigenvalue weighted by Gasteiger charge is -2.35. The second-order valence-corrected chi connectivity index (χ2v) is 8.27. The molecule has 2 aliphatic rings. The van der Waals surface area contributed by atoms with E-state index in [1.54, 1.807) is 7.11 Å². The summed E-state index contributed by atoms with van der Waals surface area (Å²) in [5.41, 5.74) is -0.246. The first kappa shape index (κ1) is 21.1. The van der Waals surface area contributed by atoms with Crippen molar-refractivity contribution in [2.45, 2.75) is 69.3 Å². The molecule has 1 aromatic carbocycles. The first-order valence-corrected chi connectivity index (χ1v) is 10.2. The molecule has 6 nitrogen and oxygen atoms in total. The molecule has 0 spiro atoms. The van der Waals surface area contributed by atoms with Crippen LogP contribution in [-0.4, -0.2) is 67.1 Å². The number of hydrogen-bond acceptors (Lipinski definition) is 5. The maximum absolute atomic E-state index is 12.3. The van der Waals surface area contributed by atoms with Gasteiger partial charge in [0.2, 0.25) is 0 Å². The van der Waals surface area contributed by atoms with Crippen molar-refractivity contribution < 1.29 is 24.1 Å². The van der Waals surface area contributed by atoms with Crippen LogP contribution < -0.4 is 4.74 Å². The van der Waals surface area contributed by atoms with E-state index in [0.29, 0.717) is 25.2 Å². The quantitative estimate of drug-likeness (QED) is 0.769. The van der Waals surface area contributed by atoms with Crippen LogP contribution in [0.1, 0.15) is 51.0 Å². The SMILES string of the molecule is COc1ccc([C@@H]2CN([C@H]3CC[C@H](OC(C)C)CC3)C[C@@]2(OC)C(=O)O)cc1. The monoisotopic (exact) mass is 391 g/mol. The van der Waals surface area contributed by atoms with Crippen LogP contribution in [0, 0.1) is 0 Å². The molecule has 0 bridgehead atoms. The van der Waals surface area contributed by atoms with Crippen LogP contribution in [0.25, 0.3) is 0 Å². The molecule has 2 atom stereocenters. The molecule has 0 amide bonds. The Morgan fingerprint density at radius 2 is 1.79 bits per heavy atom. The maximum Gasteiger partial charge on any atom is 0.338 e. The Bertz CT molecular complexity index is 653. The molecule has 1 aliphatic heterocycles. The number of likely N-dealkylation sites (tertiary alicyclic amines) is 1. The Morgan fingerprint density at radius 1 is 1.14 bits per heavy atom. The molecule has 0 radical (unpaired) electrons. The van der Waals surface area contributed by atoms with E-state index in [-0.39, 0.29) is 12.0 Å². The minimum Gasteiger partial charge on any atom is -0.497 e. The number of carboxylic acid groups (broad SMARTS) is 1. The third kappa shape index (κ3) is 4.19. The smallest absolute Gasteiger partial charge is 0.338 e. The van der Waals surface area contributed by atoms with Gasteiger partial charge in [-0.15, -0.1) is 0 Å². The molecule has 1 N–H and O–H groups in total. The molecular formula is C22H33NO5. The molecule has 1 heterocycles. The van der Waals surface area contributed by atoms with Gasteiger partial charge in [-0.3, -0.25) is 4.90 Å². The molecule has 0 aromatic heterocycles. The molecule has 6 heteroatoms. The third-order valence-corrected chi connectivity index (χ3v) is 6.29. The summed E-state index contributed by atoms with van der Waals surface area (Å²) in [5.74, 6) is -0.346. The van der Waals surface area contributed by atoms with Crippen LogP contribution in [0.2, 0.25) is 0 Å². The van der Waals surface area contributed by atoms with Crippen LogP contribution in [0.4, 0.5) is 0 Å². The summed E-state index contributed by atoms with van der Waals surface area (Å²) in [7, 11) is 3.14. The zero-order chi connectivity index (χ0) is 20.3. The van der Waals surface area contributed by atoms with Crippen molar-refractivity contribution in [3.05, 3.63) is 29.8 Å². The van der Waals surface area contributed by atoms with Crippen LogP contribution in [0.5, 0.6) is 5.75 Å². The van der Waals surface area contributed by atoms with Crippen molar-refractivity contribution in [1.82, 2.24) is 4.90 Å². The van der Waals surface area contributed by atoms with Crippen LogP contribution in [0.15, 0.2) is 24.3 Å². The number of carbonyl (C=O) groups is 1. The highest BCUT2D eigenvalue weighted by molar-refractivity contribution is 5.80. The molecule has 1 aliphatic carbocycles. The zero-order valence-corrected chi connectivity index (χ0v) is 17.4. The fourth-order valence-electron chi connectivity index (χ4n) is 4.79. The number of benzene rings is 1. The van der Waals surface area contributed by atoms with Gasteiger partial charge in [-0.1, -0.05) is 12.1 Å². The van der Waals surface area contributed by atoms with E-state index in [1.807, 2.05) is 24.3 Å². The summed E-state index contributed by atoms with van der Waals surface area (Å²) in [5, 5.41) is 10.1. The minimum absolute atomic E-state index is 0.217. The number of ether oxygens (including phenoxy) is 3. The van der Waals surface area contributed by atoms with E-state index >= 15 is 0 Å². The van der Waals surface area contributed by atoms with Crippen LogP contribution in [-0.2, 0) is 14.3 Å². The van der Waals surface area contributed by atoms with Crippen molar-refractivity contribution in [3.8, 4) is 5.75 Å². The maximum atomic E-state index is 12.3. The zero-order valence-electron chi connectivity index (χ0n) is 17.4. The average molecular weight is 392 g/mol. The Hall–Kier alpha value is -1.63. The highest BCUT2D eigenvalue weighted by atomic mass is 16.5. The molecule has 1 saturated carbocycles. The lowest BCUT2D eigenvalue weighted by atomic mass is 9.84. The first-order chi connectivity index (χ1) is 13.4. The molecule has 2 fully saturated rings. The second kappa shape index (κ2) is 8.80. The van der Waals surface area contributed by atoms with Crippen LogP contribution in [0.3, 0.4) is 0 Å². The molecule has 156 valence electrons. The van der Waals surface area contributed by atoms with Crippen molar-refractivity contribution in [2.24, 2.45) is 0 Å². The first-order valence-electron chi connectivity index (χ1n) is 10.2. The minimum atomic E-state index is -1.22. The standard InChI is InChI=1S/C22H33NO5/c1-15(2)28-19-11-7-17(8-12-19)23-13-20(22(14-23,27-4)21(24)25)16-5-9-18(26-3)10-6-16/h5-6,9-10,15,17,19-20H,7-8,11-14H2,1-4H3,(H,24,25)/t17-,19-,20-,22-/m0/s1. The molecule has 1 aromatic rings. The Kier molecular flexibility index (Phi) is 6.63. The molecule has 0 unspecified atom stereocenters. The van der Waals surface area contributed by atoms with Gasteiger partial charge in [-0.2, -0.15) is 0 Å². The highest BCUT2D eigenvalue weighted by Crippen LogP contribution is 2.42. The summed E-state index contributed by atoms with van der Waals surface area (Å²) in [6.45, 7) is 5.25. The predicted molar refractivity (Wildman–Crippen MR) is 107 cm³/mol. The van der Waals surface area contributed by atoms with Gasteiger partial charge in [0.05, 0.1) is 19.3 Å². The summed E-state index contributed by atoms with van der Waals surface area (Å²) in [4.78, 5) is 14.6. The lowest BCUT2D eigenvalue weighted by molar-refractivity contribution is -0.162. The van der Waals surface area contributed by atoms with Gasteiger partial charge >= 0.3 is 5.97 Å². The molecule has 1 saturated heterocycles. The summed E-state index contributed by atoms with van der Waals surface area (Å²) >= 11 is 0. The fourth-order valence-corrected chi connectivity index (χ4v) is 4.79. The predicted octanol–water partition coefficient (Wildman–Crippen LogP) is 3.30. The van der Waals surface area contributed by atoms with Gasteiger partial charge in [0.25, 0.3) is 0 Å². The molecule has 28 heavy (non-hydrogen) atoms. The average Bonchev–Trinajstić information content (AvgIpc) is 3.09. The second-order valence-electron chi connectivity index (χ2n) is 8.27. The fraction of sp³-hybridized carbons (Fsp3) is 0.682. The van der Waals surface area contributed by atoms with Gasteiger partial charge in [-0.25, -0.2) is 4.79 Å². The van der Waals surface area contributed by atoms with E-state index in [4.69, 9.17) is 14.2 Å². The normalized spacial score (nSPS) is 31.2. The van der Waals surface area contributed by atoms with Gasteiger partial charge < -0.3 is 19.3 Å². The lowest BCUT2D eigenvalue weighted by Crippen LogP contribution is -2.48. The number of aliphatic carboxylic acids is 1. The molecular weight excluding hydrogens is 358 g/mol. The van der Waals surface area contributed by atoms with E-state index in [9.17, 15) is 9.90 Å². The summed E-state index contributed by atoms with van der Waals surface area (Å²) in [6, 6.07) is 8.06. The largest absolute Gasteiger partial charge is 0.497 e. The molecule has 3 rings (SSSR count). The van der Waals surface area contributed by atoms with E-state index in [1.165, 1.54) is 7.11 Å². The van der Waals surface area contributed by atoms with E-state index in [0.717, 1.165) is 37.0 Å². The van der Waals surface area contributed by atoms with Gasteiger partial charge in [0, 0.05) is 32.2 Å². The van der Waals surface area contributed by atoms with Crippen molar-refractivity contribution in [1.29, 1.82) is 0 Å². The van der Waals surface area contributed by atoms with E-state index in [2.05, 4.69) is 18.7 Å². The number of carboxylic acids is 1. The third-order valence-electron chi connectivity index (χ3n) is 6.29. The van der Waals surface area contributed by atoms with Gasteiger partial charge in [0.15, 0.2) is 5.60 Å². The van der Waals surface area contributed by atoms with Crippen LogP contribution >= 0.6 is 0 Å². The number of nitrogens with zero attached hydrogens (tertiary/aromatic N) is 1. The van der Waals surface area contributed by atoms with Gasteiger partial charge in [0.1, 0.15) is 5.75 Å². The van der Waals surface area contributed by atoms with Gasteiger partial charge in [-0.05, 0) is 57.2 Å². The Balaban J connectivity index is 1.76. The summed E-state index contributed by atoms with van der Waals surface area (Å²) in [6.07, 6.45) is 4.70. The summed E-state index contributed by atoms with van der Waals surface area (Å²) < 4.78 is 16.9. The number of methoxy groups -OCH3 is 2. The Labute approximate surface area is 167 Å². The van der Waals surface area contributed by atoms with Crippen molar-refractivity contribution in [3.63, 3.8) is 0 Å². The van der Waals surface area contributed by atoms with Crippen molar-refractivity contribution >= 4 is 5.97 Å². The Morgan fingerprint density at radius 3 is 2.29 bits per heavy atom. The number of rotatable bonds is 7. The van der Waals surface area contributed by atoms with E-state index < -0.39 is 11.6 Å². The van der Waals surface area contributed by atoms with Crippen molar-refractivity contribution in [2.75, 3.05) is 27.3 Å². The topological polar surface area (TPSA) is 68.2 Å².